The van der Waals surface area contributed by atoms with Gasteiger partial charge in [-0.25, -0.2) is 13.7 Å². The van der Waals surface area contributed by atoms with Crippen molar-refractivity contribution in [3.05, 3.63) is 65.7 Å². The van der Waals surface area contributed by atoms with Crippen LogP contribution in [0.1, 0.15) is 24.2 Å². The van der Waals surface area contributed by atoms with Gasteiger partial charge in [-0.15, -0.1) is 0 Å². The molecule has 5 heteroatoms. The Balaban J connectivity index is 2.52. The molecule has 0 atom stereocenters. The molecule has 0 saturated heterocycles. The van der Waals surface area contributed by atoms with Gasteiger partial charge in [0.05, 0.1) is 5.69 Å². The molecule has 0 heterocycles. The molecular formula is C17H15F2NO2. The number of halogens is 2. The lowest BCUT2D eigenvalue weighted by molar-refractivity contribution is -0.120. The van der Waals surface area contributed by atoms with Crippen LogP contribution in [0.25, 0.3) is 0 Å². The van der Waals surface area contributed by atoms with Crippen molar-refractivity contribution in [2.24, 2.45) is 5.92 Å². The first-order valence-electron chi connectivity index (χ1n) is 6.80. The summed E-state index contributed by atoms with van der Waals surface area (Å²) in [6, 6.07) is 10.8. The zero-order chi connectivity index (χ0) is 16.3. The quantitative estimate of drug-likeness (QED) is 0.865. The number of hydrogen-bond donors (Lipinski definition) is 0. The molecule has 0 aliphatic carbocycles. The van der Waals surface area contributed by atoms with Crippen molar-refractivity contribution < 1.29 is 18.4 Å². The molecule has 0 aliphatic heterocycles. The summed E-state index contributed by atoms with van der Waals surface area (Å²) < 4.78 is 27.1. The van der Waals surface area contributed by atoms with E-state index in [1.165, 1.54) is 12.1 Å². The lowest BCUT2D eigenvalue weighted by Crippen LogP contribution is -2.40. The summed E-state index contributed by atoms with van der Waals surface area (Å²) in [5.41, 5.74) is -0.00539. The van der Waals surface area contributed by atoms with E-state index in [0.717, 1.165) is 17.0 Å². The highest BCUT2D eigenvalue weighted by Crippen LogP contribution is 2.24. The fraction of sp³-hybridized carbons (Fsp3) is 0.176. The fourth-order valence-corrected chi connectivity index (χ4v) is 1.96. The average Bonchev–Trinajstić information content (AvgIpc) is 2.50. The highest BCUT2D eigenvalue weighted by atomic mass is 19.1. The van der Waals surface area contributed by atoms with Gasteiger partial charge in [0.1, 0.15) is 11.6 Å². The number of rotatable bonds is 3. The zero-order valence-corrected chi connectivity index (χ0v) is 12.2. The molecule has 0 saturated carbocycles. The smallest absolute Gasteiger partial charge is 0.265 e. The van der Waals surface area contributed by atoms with E-state index in [9.17, 15) is 18.4 Å². The molecule has 2 aromatic carbocycles. The Labute approximate surface area is 127 Å². The number of imide groups is 1. The maximum atomic E-state index is 14.0. The molecule has 0 fully saturated rings. The number of benzene rings is 2. The number of hydrogen-bond acceptors (Lipinski definition) is 2. The van der Waals surface area contributed by atoms with Gasteiger partial charge in [-0.05, 0) is 24.3 Å². The molecule has 2 amide bonds. The van der Waals surface area contributed by atoms with Crippen LogP contribution < -0.4 is 4.90 Å². The second-order valence-electron chi connectivity index (χ2n) is 5.10. The molecular weight excluding hydrogens is 288 g/mol. The van der Waals surface area contributed by atoms with Gasteiger partial charge in [0.2, 0.25) is 5.91 Å². The van der Waals surface area contributed by atoms with Crippen LogP contribution in [0.4, 0.5) is 14.5 Å². The number of anilines is 1. The largest absolute Gasteiger partial charge is 0.274 e. The Bertz CT molecular complexity index is 699. The Morgan fingerprint density at radius 2 is 1.64 bits per heavy atom. The van der Waals surface area contributed by atoms with Gasteiger partial charge in [-0.2, -0.15) is 0 Å². The maximum Gasteiger partial charge on any atom is 0.265 e. The normalized spacial score (nSPS) is 10.6. The van der Waals surface area contributed by atoms with Crippen molar-refractivity contribution >= 4 is 17.5 Å². The van der Waals surface area contributed by atoms with Gasteiger partial charge < -0.3 is 0 Å². The van der Waals surface area contributed by atoms with Crippen LogP contribution in [0.3, 0.4) is 0 Å². The lowest BCUT2D eigenvalue weighted by Gasteiger charge is -2.23. The van der Waals surface area contributed by atoms with Crippen LogP contribution in [0.5, 0.6) is 0 Å². The van der Waals surface area contributed by atoms with Crippen molar-refractivity contribution in [3.8, 4) is 0 Å². The highest BCUT2D eigenvalue weighted by molar-refractivity contribution is 6.21. The van der Waals surface area contributed by atoms with Crippen molar-refractivity contribution in [3.63, 3.8) is 0 Å². The third kappa shape index (κ3) is 3.19. The minimum absolute atomic E-state index is 0.250. The van der Waals surface area contributed by atoms with Gasteiger partial charge in [0.25, 0.3) is 5.91 Å². The van der Waals surface area contributed by atoms with Crippen molar-refractivity contribution in [2.75, 3.05) is 4.90 Å². The number of carbonyl (C=O) groups is 2. The first-order chi connectivity index (χ1) is 10.4. The van der Waals surface area contributed by atoms with E-state index in [1.54, 1.807) is 32.0 Å². The molecule has 0 aliphatic rings. The predicted molar refractivity (Wildman–Crippen MR) is 79.5 cm³/mol. The summed E-state index contributed by atoms with van der Waals surface area (Å²) in [6.07, 6.45) is 0. The van der Waals surface area contributed by atoms with Gasteiger partial charge in [0, 0.05) is 17.5 Å². The standard InChI is InChI=1S/C17H15F2NO2/c1-11(2)16(21)20(15-9-8-13(18)10-14(15)19)17(22)12-6-4-3-5-7-12/h3-11H,1-2H3. The minimum Gasteiger partial charge on any atom is -0.274 e. The Morgan fingerprint density at radius 3 is 2.18 bits per heavy atom. The van der Waals surface area contributed by atoms with Gasteiger partial charge in [-0.3, -0.25) is 9.59 Å². The molecule has 2 rings (SSSR count). The van der Waals surface area contributed by atoms with E-state index in [0.29, 0.717) is 6.07 Å². The second-order valence-corrected chi connectivity index (χ2v) is 5.10. The number of amides is 2. The third-order valence-corrected chi connectivity index (χ3v) is 3.09. The Kier molecular flexibility index (Phi) is 4.65. The SMILES string of the molecule is CC(C)C(=O)N(C(=O)c1ccccc1)c1ccc(F)cc1F. The Morgan fingerprint density at radius 1 is 1.00 bits per heavy atom. The summed E-state index contributed by atoms with van der Waals surface area (Å²) in [6.45, 7) is 3.21. The first-order valence-corrected chi connectivity index (χ1v) is 6.80. The summed E-state index contributed by atoms with van der Waals surface area (Å²) in [4.78, 5) is 25.7. The zero-order valence-electron chi connectivity index (χ0n) is 12.2. The molecule has 114 valence electrons. The molecule has 0 bridgehead atoms. The van der Waals surface area contributed by atoms with Crippen LogP contribution in [0.15, 0.2) is 48.5 Å². The van der Waals surface area contributed by atoms with Crippen molar-refractivity contribution in [1.82, 2.24) is 0 Å². The summed E-state index contributed by atoms with van der Waals surface area (Å²) in [7, 11) is 0. The van der Waals surface area contributed by atoms with E-state index < -0.39 is 29.4 Å². The molecule has 0 N–H and O–H groups in total. The second kappa shape index (κ2) is 6.47. The lowest BCUT2D eigenvalue weighted by atomic mass is 10.1. The molecule has 2 aromatic rings. The number of nitrogens with zero attached hydrogens (tertiary/aromatic N) is 1. The summed E-state index contributed by atoms with van der Waals surface area (Å²) >= 11 is 0. The molecule has 0 unspecified atom stereocenters. The van der Waals surface area contributed by atoms with E-state index in [4.69, 9.17) is 0 Å². The van der Waals surface area contributed by atoms with Gasteiger partial charge in [0.15, 0.2) is 0 Å². The first kappa shape index (κ1) is 15.8. The molecule has 22 heavy (non-hydrogen) atoms. The topological polar surface area (TPSA) is 37.4 Å². The Hall–Kier alpha value is -2.56. The van der Waals surface area contributed by atoms with Crippen LogP contribution in [0.2, 0.25) is 0 Å². The van der Waals surface area contributed by atoms with Crippen LogP contribution in [-0.2, 0) is 4.79 Å². The molecule has 0 aromatic heterocycles. The molecule has 3 nitrogen and oxygen atoms in total. The predicted octanol–water partition coefficient (Wildman–Crippen LogP) is 3.79. The third-order valence-electron chi connectivity index (χ3n) is 3.09. The summed E-state index contributed by atoms with van der Waals surface area (Å²) in [5.74, 6) is -3.45. The van der Waals surface area contributed by atoms with Crippen LogP contribution in [-0.4, -0.2) is 11.8 Å². The fourth-order valence-electron chi connectivity index (χ4n) is 1.96. The van der Waals surface area contributed by atoms with Crippen LogP contribution >= 0.6 is 0 Å². The average molecular weight is 303 g/mol. The molecule has 0 radical (unpaired) electrons. The monoisotopic (exact) mass is 303 g/mol. The highest BCUT2D eigenvalue weighted by Gasteiger charge is 2.28. The van der Waals surface area contributed by atoms with E-state index in [2.05, 4.69) is 0 Å². The van der Waals surface area contributed by atoms with E-state index >= 15 is 0 Å². The van der Waals surface area contributed by atoms with Gasteiger partial charge in [-0.1, -0.05) is 32.0 Å². The van der Waals surface area contributed by atoms with Crippen LogP contribution in [0, 0.1) is 17.6 Å². The van der Waals surface area contributed by atoms with E-state index in [-0.39, 0.29) is 11.3 Å². The minimum atomic E-state index is -0.960. The summed E-state index contributed by atoms with van der Waals surface area (Å²) in [5, 5.41) is 0. The van der Waals surface area contributed by atoms with Crippen molar-refractivity contribution in [1.29, 1.82) is 0 Å². The van der Waals surface area contributed by atoms with E-state index in [1.807, 2.05) is 0 Å². The molecule has 0 spiro atoms. The van der Waals surface area contributed by atoms with Crippen molar-refractivity contribution in [2.45, 2.75) is 13.8 Å². The van der Waals surface area contributed by atoms with Gasteiger partial charge >= 0.3 is 0 Å². The number of carbonyl (C=O) groups excluding carboxylic acids is 2. The maximum absolute atomic E-state index is 14.0.